The Morgan fingerprint density at radius 2 is 2.05 bits per heavy atom. The monoisotopic (exact) mass is 305 g/mol. The normalized spacial score (nSPS) is 14.8. The fraction of sp³-hybridized carbons (Fsp3) is 0.600. The second kappa shape index (κ2) is 7.72. The minimum atomic E-state index is -0.0800. The van der Waals surface area contributed by atoms with E-state index in [2.05, 4.69) is 21.8 Å². The van der Waals surface area contributed by atoms with E-state index in [4.69, 9.17) is 0 Å². The van der Waals surface area contributed by atoms with E-state index in [0.717, 1.165) is 44.7 Å². The van der Waals surface area contributed by atoms with Gasteiger partial charge in [-0.3, -0.25) is 9.59 Å². The van der Waals surface area contributed by atoms with Crippen LogP contribution >= 0.6 is 0 Å². The van der Waals surface area contributed by atoms with Gasteiger partial charge < -0.3 is 14.7 Å². The van der Waals surface area contributed by atoms with Crippen LogP contribution in [-0.4, -0.2) is 71.9 Å². The van der Waals surface area contributed by atoms with Crippen LogP contribution in [0.4, 0.5) is 5.82 Å². The molecular weight excluding hydrogens is 282 g/mol. The van der Waals surface area contributed by atoms with Crippen LogP contribution in [0.3, 0.4) is 0 Å². The van der Waals surface area contributed by atoms with Gasteiger partial charge in [0.1, 0.15) is 17.8 Å². The predicted octanol–water partition coefficient (Wildman–Crippen LogP) is 0.627. The molecule has 7 heteroatoms. The Balaban J connectivity index is 2.03. The molecule has 0 saturated carbocycles. The zero-order valence-electron chi connectivity index (χ0n) is 13.2. The summed E-state index contributed by atoms with van der Waals surface area (Å²) in [6, 6.07) is 1.74. The van der Waals surface area contributed by atoms with Crippen molar-refractivity contribution in [1.82, 2.24) is 19.8 Å². The van der Waals surface area contributed by atoms with Gasteiger partial charge in [0.15, 0.2) is 0 Å². The molecule has 0 atom stereocenters. The molecule has 1 fully saturated rings. The summed E-state index contributed by atoms with van der Waals surface area (Å²) in [6.45, 7) is 5.61. The minimum Gasteiger partial charge on any atom is -0.353 e. The average molecular weight is 305 g/mol. The van der Waals surface area contributed by atoms with Crippen molar-refractivity contribution in [2.24, 2.45) is 0 Å². The summed E-state index contributed by atoms with van der Waals surface area (Å²) in [6.07, 6.45) is 4.33. The van der Waals surface area contributed by atoms with Crippen LogP contribution in [0.2, 0.25) is 0 Å². The lowest BCUT2D eigenvalue weighted by atomic mass is 10.2. The molecule has 0 aromatic carbocycles. The number of aromatic nitrogens is 2. The maximum absolute atomic E-state index is 12.3. The third-order valence-corrected chi connectivity index (χ3v) is 3.85. The molecule has 0 unspecified atom stereocenters. The Morgan fingerprint density at radius 1 is 1.32 bits per heavy atom. The van der Waals surface area contributed by atoms with E-state index in [1.54, 1.807) is 22.9 Å². The molecule has 1 aliphatic rings. The predicted molar refractivity (Wildman–Crippen MR) is 83.8 cm³/mol. The fourth-order valence-electron chi connectivity index (χ4n) is 2.39. The first-order chi connectivity index (χ1) is 10.7. The number of unbranched alkanes of at least 4 members (excludes halogenated alkanes) is 1. The first-order valence-electron chi connectivity index (χ1n) is 7.67. The molecule has 1 saturated heterocycles. The van der Waals surface area contributed by atoms with Gasteiger partial charge >= 0.3 is 0 Å². The third kappa shape index (κ3) is 3.93. The van der Waals surface area contributed by atoms with Crippen LogP contribution in [0.15, 0.2) is 12.4 Å². The molecule has 7 nitrogen and oxygen atoms in total. The topological polar surface area (TPSA) is 69.6 Å². The first kappa shape index (κ1) is 16.2. The van der Waals surface area contributed by atoms with Crippen LogP contribution < -0.4 is 4.90 Å². The molecule has 0 bridgehead atoms. The summed E-state index contributed by atoms with van der Waals surface area (Å²) in [5.41, 5.74) is 0.418. The molecule has 1 aromatic rings. The summed E-state index contributed by atoms with van der Waals surface area (Å²) < 4.78 is 0. The lowest BCUT2D eigenvalue weighted by molar-refractivity contribution is -0.118. The molecular formula is C15H23N5O2. The van der Waals surface area contributed by atoms with Crippen LogP contribution in [0.5, 0.6) is 0 Å². The molecule has 22 heavy (non-hydrogen) atoms. The summed E-state index contributed by atoms with van der Waals surface area (Å²) >= 11 is 0. The van der Waals surface area contributed by atoms with E-state index < -0.39 is 0 Å². The van der Waals surface area contributed by atoms with Gasteiger partial charge in [-0.05, 0) is 6.42 Å². The average Bonchev–Trinajstić information content (AvgIpc) is 2.59. The zero-order chi connectivity index (χ0) is 15.9. The number of hydrogen-bond acceptors (Lipinski definition) is 5. The summed E-state index contributed by atoms with van der Waals surface area (Å²) in [5, 5.41) is 0. The smallest absolute Gasteiger partial charge is 0.272 e. The first-order valence-corrected chi connectivity index (χ1v) is 7.67. The Hall–Kier alpha value is -2.18. The van der Waals surface area contributed by atoms with Gasteiger partial charge in [-0.25, -0.2) is 9.97 Å². The van der Waals surface area contributed by atoms with Gasteiger partial charge in [-0.1, -0.05) is 13.3 Å². The van der Waals surface area contributed by atoms with Crippen molar-refractivity contribution < 1.29 is 9.59 Å². The highest BCUT2D eigenvalue weighted by Gasteiger charge is 2.19. The summed E-state index contributed by atoms with van der Waals surface area (Å²) in [7, 11) is 1.79. The van der Waals surface area contributed by atoms with E-state index in [0.29, 0.717) is 18.8 Å². The maximum atomic E-state index is 12.3. The SMILES string of the molecule is CCCCN(C)C(=O)c1cc(N2CCN(C=O)CC2)ncn1. The zero-order valence-corrected chi connectivity index (χ0v) is 13.2. The number of hydrogen-bond donors (Lipinski definition) is 0. The van der Waals surface area contributed by atoms with Crippen molar-refractivity contribution in [3.63, 3.8) is 0 Å². The van der Waals surface area contributed by atoms with Crippen LogP contribution in [0.1, 0.15) is 30.3 Å². The molecule has 0 N–H and O–H groups in total. The van der Waals surface area contributed by atoms with Gasteiger partial charge in [0, 0.05) is 45.8 Å². The van der Waals surface area contributed by atoms with E-state index in [1.165, 1.54) is 6.33 Å². The van der Waals surface area contributed by atoms with E-state index >= 15 is 0 Å². The molecule has 120 valence electrons. The summed E-state index contributed by atoms with van der Waals surface area (Å²) in [5.74, 6) is 0.663. The van der Waals surface area contributed by atoms with Gasteiger partial charge in [-0.15, -0.1) is 0 Å². The van der Waals surface area contributed by atoms with Gasteiger partial charge in [-0.2, -0.15) is 0 Å². The van der Waals surface area contributed by atoms with Crippen molar-refractivity contribution in [3.8, 4) is 0 Å². The fourth-order valence-corrected chi connectivity index (χ4v) is 2.39. The molecule has 2 amide bonds. The quantitative estimate of drug-likeness (QED) is 0.721. The van der Waals surface area contributed by atoms with Crippen molar-refractivity contribution in [3.05, 3.63) is 18.1 Å². The Kier molecular flexibility index (Phi) is 5.68. The standard InChI is InChI=1S/C15H23N5O2/c1-3-4-5-18(2)15(22)13-10-14(17-11-16-13)20-8-6-19(12-21)7-9-20/h10-12H,3-9H2,1-2H3. The van der Waals surface area contributed by atoms with Crippen molar-refractivity contribution in [2.75, 3.05) is 44.7 Å². The Morgan fingerprint density at radius 3 is 2.68 bits per heavy atom. The van der Waals surface area contributed by atoms with Crippen molar-refractivity contribution in [1.29, 1.82) is 0 Å². The number of carbonyl (C=O) groups is 2. The third-order valence-electron chi connectivity index (χ3n) is 3.85. The number of amides is 2. The molecule has 0 aliphatic carbocycles. The number of anilines is 1. The van der Waals surface area contributed by atoms with Crippen LogP contribution in [0.25, 0.3) is 0 Å². The Bertz CT molecular complexity index is 514. The van der Waals surface area contributed by atoms with E-state index in [9.17, 15) is 9.59 Å². The summed E-state index contributed by atoms with van der Waals surface area (Å²) in [4.78, 5) is 36.9. The minimum absolute atomic E-state index is 0.0800. The number of carbonyl (C=O) groups excluding carboxylic acids is 2. The molecule has 1 aromatic heterocycles. The van der Waals surface area contributed by atoms with E-state index in [1.807, 2.05) is 0 Å². The van der Waals surface area contributed by atoms with Gasteiger partial charge in [0.25, 0.3) is 5.91 Å². The second-order valence-corrected chi connectivity index (χ2v) is 5.47. The van der Waals surface area contributed by atoms with E-state index in [-0.39, 0.29) is 5.91 Å². The van der Waals surface area contributed by atoms with Crippen LogP contribution in [-0.2, 0) is 4.79 Å². The molecule has 2 rings (SSSR count). The lowest BCUT2D eigenvalue weighted by Gasteiger charge is -2.33. The highest BCUT2D eigenvalue weighted by Crippen LogP contribution is 2.14. The number of nitrogens with zero attached hydrogens (tertiary/aromatic N) is 5. The molecule has 2 heterocycles. The second-order valence-electron chi connectivity index (χ2n) is 5.47. The highest BCUT2D eigenvalue weighted by molar-refractivity contribution is 5.92. The van der Waals surface area contributed by atoms with Crippen molar-refractivity contribution >= 4 is 18.1 Å². The highest BCUT2D eigenvalue weighted by atomic mass is 16.2. The lowest BCUT2D eigenvalue weighted by Crippen LogP contribution is -2.46. The van der Waals surface area contributed by atoms with Gasteiger partial charge in [0.2, 0.25) is 6.41 Å². The molecule has 0 spiro atoms. The molecule has 0 radical (unpaired) electrons. The number of piperazine rings is 1. The largest absolute Gasteiger partial charge is 0.353 e. The van der Waals surface area contributed by atoms with Gasteiger partial charge in [0.05, 0.1) is 0 Å². The Labute approximate surface area is 130 Å². The maximum Gasteiger partial charge on any atom is 0.272 e. The van der Waals surface area contributed by atoms with Crippen LogP contribution in [0, 0.1) is 0 Å². The number of rotatable bonds is 6. The van der Waals surface area contributed by atoms with Crippen molar-refractivity contribution in [2.45, 2.75) is 19.8 Å². The molecule has 1 aliphatic heterocycles.